The van der Waals surface area contributed by atoms with E-state index in [1.54, 1.807) is 18.7 Å². The molecule has 0 aliphatic carbocycles. The van der Waals surface area contributed by atoms with E-state index in [-0.39, 0.29) is 5.91 Å². The smallest absolute Gasteiger partial charge is 0.253 e. The van der Waals surface area contributed by atoms with Gasteiger partial charge in [0.05, 0.1) is 11.8 Å². The highest BCUT2D eigenvalue weighted by Gasteiger charge is 2.10. The van der Waals surface area contributed by atoms with Gasteiger partial charge in [-0.2, -0.15) is 0 Å². The number of hydrogen-bond donors (Lipinski definition) is 2. The molecular formula is C15H15N3O2. The number of nitrogens with zero attached hydrogens (tertiary/aromatic N) is 1. The summed E-state index contributed by atoms with van der Waals surface area (Å²) in [6, 6.07) is 7.77. The van der Waals surface area contributed by atoms with Crippen LogP contribution in [0.25, 0.3) is 10.9 Å². The second-order valence-electron chi connectivity index (χ2n) is 4.64. The number of carbonyl (C=O) groups excluding carboxylic acids is 1. The summed E-state index contributed by atoms with van der Waals surface area (Å²) in [6.07, 6.45) is 6.77. The molecule has 0 aliphatic rings. The Bertz CT molecular complexity index is 701. The molecule has 5 nitrogen and oxygen atoms in total. The molecule has 1 amide bonds. The predicted octanol–water partition coefficient (Wildman–Crippen LogP) is 2.52. The first-order valence-electron chi connectivity index (χ1n) is 6.57. The van der Waals surface area contributed by atoms with E-state index < -0.39 is 0 Å². The second kappa shape index (κ2) is 5.61. The van der Waals surface area contributed by atoms with Gasteiger partial charge in [0.1, 0.15) is 6.26 Å². The summed E-state index contributed by atoms with van der Waals surface area (Å²) in [7, 11) is 0. The fourth-order valence-corrected chi connectivity index (χ4v) is 2.20. The maximum atomic E-state index is 12.1. The number of fused-ring (bicyclic) bond motifs is 1. The molecule has 3 aromatic rings. The van der Waals surface area contributed by atoms with Crippen LogP contribution < -0.4 is 5.32 Å². The van der Waals surface area contributed by atoms with Gasteiger partial charge in [0.25, 0.3) is 5.91 Å². The highest BCUT2D eigenvalue weighted by molar-refractivity contribution is 6.06. The molecule has 0 fully saturated rings. The normalized spacial score (nSPS) is 10.8. The van der Waals surface area contributed by atoms with Crippen LogP contribution >= 0.6 is 0 Å². The molecule has 0 aliphatic heterocycles. The molecule has 0 saturated carbocycles. The van der Waals surface area contributed by atoms with Crippen molar-refractivity contribution in [2.24, 2.45) is 0 Å². The van der Waals surface area contributed by atoms with Crippen LogP contribution in [-0.2, 0) is 6.42 Å². The number of benzene rings is 1. The maximum Gasteiger partial charge on any atom is 0.253 e. The fraction of sp³-hybridized carbons (Fsp3) is 0.200. The average Bonchev–Trinajstić information content (AvgIpc) is 3.12. The van der Waals surface area contributed by atoms with Crippen LogP contribution in [0.3, 0.4) is 0 Å². The molecule has 0 atom stereocenters. The highest BCUT2D eigenvalue weighted by atomic mass is 16.5. The molecule has 20 heavy (non-hydrogen) atoms. The Balaban J connectivity index is 1.56. The molecule has 2 aromatic heterocycles. The number of amides is 1. The van der Waals surface area contributed by atoms with E-state index in [9.17, 15) is 4.79 Å². The van der Waals surface area contributed by atoms with Crippen molar-refractivity contribution in [3.63, 3.8) is 0 Å². The van der Waals surface area contributed by atoms with E-state index in [2.05, 4.69) is 15.5 Å². The number of hydrogen-bond acceptors (Lipinski definition) is 3. The lowest BCUT2D eigenvalue weighted by Gasteiger charge is -2.03. The van der Waals surface area contributed by atoms with Gasteiger partial charge < -0.3 is 14.8 Å². The SMILES string of the molecule is O=C(NCCCc1cnoc1)c1c[nH]c2ccccc12. The van der Waals surface area contributed by atoms with Crippen LogP contribution in [0.15, 0.2) is 47.4 Å². The third kappa shape index (κ3) is 2.56. The molecule has 0 bridgehead atoms. The number of aromatic amines is 1. The molecule has 0 spiro atoms. The first kappa shape index (κ1) is 12.5. The van der Waals surface area contributed by atoms with E-state index in [1.807, 2.05) is 24.3 Å². The average molecular weight is 269 g/mol. The summed E-state index contributed by atoms with van der Waals surface area (Å²) >= 11 is 0. The maximum absolute atomic E-state index is 12.1. The van der Waals surface area contributed by atoms with E-state index >= 15 is 0 Å². The molecule has 0 radical (unpaired) electrons. The number of H-pyrrole nitrogens is 1. The molecule has 5 heteroatoms. The minimum absolute atomic E-state index is 0.0484. The molecular weight excluding hydrogens is 254 g/mol. The van der Waals surface area contributed by atoms with E-state index in [4.69, 9.17) is 4.52 Å². The van der Waals surface area contributed by atoms with Crippen LogP contribution in [0.4, 0.5) is 0 Å². The number of para-hydroxylation sites is 1. The summed E-state index contributed by atoms with van der Waals surface area (Å²) < 4.78 is 4.76. The van der Waals surface area contributed by atoms with Crippen LogP contribution in [0.2, 0.25) is 0 Å². The second-order valence-corrected chi connectivity index (χ2v) is 4.64. The Kier molecular flexibility index (Phi) is 3.50. The molecule has 1 aromatic carbocycles. The Morgan fingerprint density at radius 2 is 2.25 bits per heavy atom. The number of aromatic nitrogens is 2. The van der Waals surface area contributed by atoms with Crippen LogP contribution in [0.1, 0.15) is 22.3 Å². The zero-order valence-electron chi connectivity index (χ0n) is 10.9. The first-order chi connectivity index (χ1) is 9.84. The van der Waals surface area contributed by atoms with Gasteiger partial charge in [-0.25, -0.2) is 0 Å². The fourth-order valence-electron chi connectivity index (χ4n) is 2.20. The Morgan fingerprint density at radius 1 is 1.35 bits per heavy atom. The van der Waals surface area contributed by atoms with Gasteiger partial charge in [0.2, 0.25) is 0 Å². The van der Waals surface area contributed by atoms with Gasteiger partial charge in [-0.1, -0.05) is 23.4 Å². The van der Waals surface area contributed by atoms with Crippen molar-refractivity contribution in [1.82, 2.24) is 15.5 Å². The van der Waals surface area contributed by atoms with E-state index in [0.29, 0.717) is 12.1 Å². The summed E-state index contributed by atoms with van der Waals surface area (Å²) in [5.74, 6) is -0.0484. The number of carbonyl (C=O) groups is 1. The number of aryl methyl sites for hydroxylation is 1. The lowest BCUT2D eigenvalue weighted by atomic mass is 10.1. The largest absolute Gasteiger partial charge is 0.364 e. The summed E-state index contributed by atoms with van der Waals surface area (Å²) in [5.41, 5.74) is 2.71. The van der Waals surface area contributed by atoms with E-state index in [1.165, 1.54) is 0 Å². The van der Waals surface area contributed by atoms with Crippen LogP contribution in [0.5, 0.6) is 0 Å². The summed E-state index contributed by atoms with van der Waals surface area (Å²) in [6.45, 7) is 0.628. The Labute approximate surface area is 116 Å². The van der Waals surface area contributed by atoms with Gasteiger partial charge in [0, 0.05) is 29.2 Å². The topological polar surface area (TPSA) is 70.9 Å². The summed E-state index contributed by atoms with van der Waals surface area (Å²) in [4.78, 5) is 15.2. The highest BCUT2D eigenvalue weighted by Crippen LogP contribution is 2.17. The van der Waals surface area contributed by atoms with Gasteiger partial charge in [-0.3, -0.25) is 4.79 Å². The standard InChI is InChI=1S/C15H15N3O2/c19-15(16-7-3-4-11-8-18-20-10-11)13-9-17-14-6-2-1-5-12(13)14/h1-2,5-6,8-10,17H,3-4,7H2,(H,16,19). The third-order valence-corrected chi connectivity index (χ3v) is 3.25. The van der Waals surface area contributed by atoms with Crippen LogP contribution in [0, 0.1) is 0 Å². The number of rotatable bonds is 5. The zero-order chi connectivity index (χ0) is 13.8. The molecule has 2 heterocycles. The predicted molar refractivity (Wildman–Crippen MR) is 75.5 cm³/mol. The third-order valence-electron chi connectivity index (χ3n) is 3.25. The first-order valence-corrected chi connectivity index (χ1v) is 6.57. The van der Waals surface area contributed by atoms with Crippen molar-refractivity contribution in [3.05, 3.63) is 54.0 Å². The number of nitrogens with one attached hydrogen (secondary N) is 2. The molecule has 0 saturated heterocycles. The molecule has 102 valence electrons. The van der Waals surface area contributed by atoms with Crippen molar-refractivity contribution in [3.8, 4) is 0 Å². The summed E-state index contributed by atoms with van der Waals surface area (Å²) in [5, 5.41) is 7.52. The van der Waals surface area contributed by atoms with Gasteiger partial charge in [0.15, 0.2) is 0 Å². The van der Waals surface area contributed by atoms with Gasteiger partial charge >= 0.3 is 0 Å². The van der Waals surface area contributed by atoms with Gasteiger partial charge in [-0.15, -0.1) is 0 Å². The van der Waals surface area contributed by atoms with E-state index in [0.717, 1.165) is 29.3 Å². The van der Waals surface area contributed by atoms with Crippen molar-refractivity contribution in [2.75, 3.05) is 6.54 Å². The Hall–Kier alpha value is -2.56. The molecule has 0 unspecified atom stereocenters. The molecule has 2 N–H and O–H groups in total. The van der Waals surface area contributed by atoms with Gasteiger partial charge in [-0.05, 0) is 18.9 Å². The van der Waals surface area contributed by atoms with Crippen molar-refractivity contribution >= 4 is 16.8 Å². The molecule has 3 rings (SSSR count). The Morgan fingerprint density at radius 3 is 3.10 bits per heavy atom. The van der Waals surface area contributed by atoms with Crippen molar-refractivity contribution in [1.29, 1.82) is 0 Å². The van der Waals surface area contributed by atoms with Crippen LogP contribution in [-0.4, -0.2) is 22.6 Å². The monoisotopic (exact) mass is 269 g/mol. The quantitative estimate of drug-likeness (QED) is 0.699. The van der Waals surface area contributed by atoms with Crippen molar-refractivity contribution < 1.29 is 9.32 Å². The minimum Gasteiger partial charge on any atom is -0.364 e. The minimum atomic E-state index is -0.0484. The van der Waals surface area contributed by atoms with Crippen molar-refractivity contribution in [2.45, 2.75) is 12.8 Å². The lowest BCUT2D eigenvalue weighted by Crippen LogP contribution is -2.24. The zero-order valence-corrected chi connectivity index (χ0v) is 10.9. The lowest BCUT2D eigenvalue weighted by molar-refractivity contribution is 0.0955.